The van der Waals surface area contributed by atoms with E-state index in [1.54, 1.807) is 24.3 Å². The summed E-state index contributed by atoms with van der Waals surface area (Å²) in [6.07, 6.45) is -0.0644. The first kappa shape index (κ1) is 22.2. The van der Waals surface area contributed by atoms with Gasteiger partial charge in [-0.05, 0) is 48.7 Å². The van der Waals surface area contributed by atoms with E-state index in [2.05, 4.69) is 0 Å². The molecule has 1 heterocycles. The third-order valence-electron chi connectivity index (χ3n) is 5.48. The second kappa shape index (κ2) is 8.33. The van der Waals surface area contributed by atoms with E-state index in [9.17, 15) is 28.3 Å². The van der Waals surface area contributed by atoms with Crippen LogP contribution in [0.5, 0.6) is 5.75 Å². The Kier molecular flexibility index (Phi) is 5.97. The summed E-state index contributed by atoms with van der Waals surface area (Å²) in [6, 6.07) is 6.70. The molecular formula is C22H21F2N2O5-. The Bertz CT molecular complexity index is 1010. The van der Waals surface area contributed by atoms with E-state index < -0.39 is 41.1 Å². The van der Waals surface area contributed by atoms with E-state index in [0.29, 0.717) is 17.4 Å². The zero-order valence-electron chi connectivity index (χ0n) is 17.2. The number of rotatable bonds is 7. The van der Waals surface area contributed by atoms with Crippen LogP contribution in [0.3, 0.4) is 0 Å². The fraction of sp³-hybridized carbons (Fsp3) is 0.318. The van der Waals surface area contributed by atoms with Crippen LogP contribution >= 0.6 is 0 Å². The predicted molar refractivity (Wildman–Crippen MR) is 104 cm³/mol. The van der Waals surface area contributed by atoms with E-state index in [4.69, 9.17) is 4.74 Å². The zero-order chi connectivity index (χ0) is 22.9. The molecular weight excluding hydrogens is 410 g/mol. The summed E-state index contributed by atoms with van der Waals surface area (Å²) in [4.78, 5) is 40.1. The van der Waals surface area contributed by atoms with Gasteiger partial charge in [-0.2, -0.15) is 0 Å². The summed E-state index contributed by atoms with van der Waals surface area (Å²) in [5.74, 6) is -3.69. The van der Waals surface area contributed by atoms with Crippen molar-refractivity contribution in [1.82, 2.24) is 9.80 Å². The largest absolute Gasteiger partial charge is 0.548 e. The van der Waals surface area contributed by atoms with Gasteiger partial charge >= 0.3 is 6.03 Å². The molecule has 1 fully saturated rings. The van der Waals surface area contributed by atoms with Crippen molar-refractivity contribution in [3.8, 4) is 5.75 Å². The lowest BCUT2D eigenvalue weighted by atomic mass is 9.88. The number of urea groups is 1. The van der Waals surface area contributed by atoms with Gasteiger partial charge in [0.15, 0.2) is 0 Å². The van der Waals surface area contributed by atoms with Gasteiger partial charge in [0.2, 0.25) is 0 Å². The van der Waals surface area contributed by atoms with Crippen molar-refractivity contribution in [2.45, 2.75) is 38.4 Å². The van der Waals surface area contributed by atoms with Crippen LogP contribution in [0.1, 0.15) is 31.4 Å². The van der Waals surface area contributed by atoms with Crippen LogP contribution in [0.25, 0.3) is 0 Å². The van der Waals surface area contributed by atoms with Gasteiger partial charge in [0.25, 0.3) is 5.91 Å². The monoisotopic (exact) mass is 431 g/mol. The highest BCUT2D eigenvalue weighted by atomic mass is 19.1. The molecule has 3 amide bonds. The van der Waals surface area contributed by atoms with Crippen LogP contribution in [0.2, 0.25) is 0 Å². The number of amides is 3. The van der Waals surface area contributed by atoms with Crippen LogP contribution in [-0.4, -0.2) is 40.9 Å². The van der Waals surface area contributed by atoms with Gasteiger partial charge in [0, 0.05) is 6.07 Å². The van der Waals surface area contributed by atoms with Crippen molar-refractivity contribution >= 4 is 17.9 Å². The Labute approximate surface area is 177 Å². The van der Waals surface area contributed by atoms with E-state index in [1.165, 1.54) is 21.0 Å². The van der Waals surface area contributed by atoms with Crippen molar-refractivity contribution < 1.29 is 33.0 Å². The number of carbonyl (C=O) groups is 3. The molecule has 2 aromatic carbocycles. The minimum Gasteiger partial charge on any atom is -0.548 e. The number of carboxylic acids is 1. The molecule has 0 N–H and O–H groups in total. The highest BCUT2D eigenvalue weighted by Gasteiger charge is 2.57. The Hall–Kier alpha value is -3.49. The summed E-state index contributed by atoms with van der Waals surface area (Å²) in [5, 5.41) is 11.8. The Balaban J connectivity index is 2.10. The third-order valence-corrected chi connectivity index (χ3v) is 5.48. The molecule has 164 valence electrons. The molecule has 0 saturated carbocycles. The maximum absolute atomic E-state index is 14.0. The van der Waals surface area contributed by atoms with Gasteiger partial charge in [-0.15, -0.1) is 0 Å². The summed E-state index contributed by atoms with van der Waals surface area (Å²) >= 11 is 0. The molecule has 9 heteroatoms. The number of nitrogens with zero attached hydrogens (tertiary/aromatic N) is 2. The van der Waals surface area contributed by atoms with E-state index in [-0.39, 0.29) is 18.5 Å². The molecule has 3 rings (SSSR count). The topological polar surface area (TPSA) is 90.0 Å². The van der Waals surface area contributed by atoms with Gasteiger partial charge in [0.1, 0.15) is 22.9 Å². The maximum Gasteiger partial charge on any atom is 0.328 e. The highest BCUT2D eigenvalue weighted by Crippen LogP contribution is 2.40. The molecule has 0 radical (unpaired) electrons. The van der Waals surface area contributed by atoms with Crippen LogP contribution in [-0.2, 0) is 21.7 Å². The molecule has 1 aliphatic rings. The maximum atomic E-state index is 14.0. The van der Waals surface area contributed by atoms with Gasteiger partial charge < -0.3 is 14.6 Å². The number of carboxylic acid groups (broad SMARTS) is 1. The highest BCUT2D eigenvalue weighted by molar-refractivity contribution is 6.08. The third kappa shape index (κ3) is 3.83. The number of aliphatic carboxylic acids is 1. The minimum atomic E-state index is -1.94. The van der Waals surface area contributed by atoms with Gasteiger partial charge in [0.05, 0.1) is 25.7 Å². The molecule has 2 atom stereocenters. The molecule has 31 heavy (non-hydrogen) atoms. The lowest BCUT2D eigenvalue weighted by molar-refractivity contribution is -0.311. The fourth-order valence-corrected chi connectivity index (χ4v) is 3.82. The van der Waals surface area contributed by atoms with E-state index in [1.807, 2.05) is 0 Å². The molecule has 7 nitrogen and oxygen atoms in total. The summed E-state index contributed by atoms with van der Waals surface area (Å²) in [7, 11) is 1.49. The SMILES string of the molecule is CCC(C(=O)[O-])N1C(=O)N(Cc2ccc(OC)cc2)C(=O)C1(C)c1cc(F)cc(F)c1. The van der Waals surface area contributed by atoms with Crippen molar-refractivity contribution in [3.05, 3.63) is 65.2 Å². The number of benzene rings is 2. The summed E-state index contributed by atoms with van der Waals surface area (Å²) < 4.78 is 33.0. The summed E-state index contributed by atoms with van der Waals surface area (Å²) in [6.45, 7) is 2.63. The lowest BCUT2D eigenvalue weighted by Crippen LogP contribution is -2.56. The summed E-state index contributed by atoms with van der Waals surface area (Å²) in [5.41, 5.74) is -1.52. The number of methoxy groups -OCH3 is 1. The molecule has 1 saturated heterocycles. The Morgan fingerprint density at radius 2 is 1.71 bits per heavy atom. The molecule has 0 spiro atoms. The van der Waals surface area contributed by atoms with Crippen LogP contribution in [0, 0.1) is 11.6 Å². The predicted octanol–water partition coefficient (Wildman–Crippen LogP) is 2.18. The quantitative estimate of drug-likeness (QED) is 0.627. The van der Waals surface area contributed by atoms with Gasteiger partial charge in [-0.3, -0.25) is 14.6 Å². The second-order valence-electron chi connectivity index (χ2n) is 7.37. The molecule has 2 aromatic rings. The molecule has 1 aliphatic heterocycles. The lowest BCUT2D eigenvalue weighted by Gasteiger charge is -2.38. The number of carbonyl (C=O) groups excluding carboxylic acids is 3. The van der Waals surface area contributed by atoms with Gasteiger partial charge in [-0.25, -0.2) is 13.6 Å². The molecule has 2 unspecified atom stereocenters. The Morgan fingerprint density at radius 3 is 2.19 bits per heavy atom. The number of ether oxygens (including phenoxy) is 1. The number of hydrogen-bond donors (Lipinski definition) is 0. The van der Waals surface area contributed by atoms with Crippen LogP contribution < -0.4 is 9.84 Å². The Morgan fingerprint density at radius 1 is 1.13 bits per heavy atom. The normalized spacial score (nSPS) is 19.6. The van der Waals surface area contributed by atoms with E-state index >= 15 is 0 Å². The number of hydrogen-bond acceptors (Lipinski definition) is 5. The van der Waals surface area contributed by atoms with Crippen molar-refractivity contribution in [2.75, 3.05) is 7.11 Å². The average Bonchev–Trinajstić information content (AvgIpc) is 2.90. The van der Waals surface area contributed by atoms with E-state index in [0.717, 1.165) is 21.9 Å². The minimum absolute atomic E-state index is 0.0644. The standard InChI is InChI=1S/C22H22F2N2O5/c1-4-18(19(27)28)26-21(30)25(12-13-5-7-17(31-3)8-6-13)20(29)22(26,2)14-9-15(23)11-16(24)10-14/h5-11,18H,4,12H2,1-3H3,(H,27,28)/p-1. The first-order chi connectivity index (χ1) is 14.6. The zero-order valence-corrected chi connectivity index (χ0v) is 17.2. The van der Waals surface area contributed by atoms with Crippen molar-refractivity contribution in [3.63, 3.8) is 0 Å². The average molecular weight is 431 g/mol. The fourth-order valence-electron chi connectivity index (χ4n) is 3.82. The molecule has 0 bridgehead atoms. The van der Waals surface area contributed by atoms with Crippen molar-refractivity contribution in [2.24, 2.45) is 0 Å². The second-order valence-corrected chi connectivity index (χ2v) is 7.37. The van der Waals surface area contributed by atoms with Crippen LogP contribution in [0.15, 0.2) is 42.5 Å². The van der Waals surface area contributed by atoms with Gasteiger partial charge in [-0.1, -0.05) is 19.1 Å². The first-order valence-electron chi connectivity index (χ1n) is 9.59. The first-order valence-corrected chi connectivity index (χ1v) is 9.59. The molecule has 0 aromatic heterocycles. The number of imide groups is 1. The van der Waals surface area contributed by atoms with Crippen molar-refractivity contribution in [1.29, 1.82) is 0 Å². The molecule has 0 aliphatic carbocycles. The smallest absolute Gasteiger partial charge is 0.328 e. The van der Waals surface area contributed by atoms with Crippen LogP contribution in [0.4, 0.5) is 13.6 Å². The number of halogens is 2.